The van der Waals surface area contributed by atoms with Crippen LogP contribution < -0.4 is 4.90 Å². The lowest BCUT2D eigenvalue weighted by atomic mass is 10.1. The number of nitrogens with zero attached hydrogens (tertiary/aromatic N) is 4. The molecule has 0 aliphatic carbocycles. The van der Waals surface area contributed by atoms with Crippen LogP contribution in [0.3, 0.4) is 0 Å². The summed E-state index contributed by atoms with van der Waals surface area (Å²) in [6, 6.07) is 3.93. The third-order valence-corrected chi connectivity index (χ3v) is 4.50. The van der Waals surface area contributed by atoms with Crippen molar-refractivity contribution in [1.82, 2.24) is 9.97 Å². The summed E-state index contributed by atoms with van der Waals surface area (Å²) in [6.07, 6.45) is 7.45. The van der Waals surface area contributed by atoms with Gasteiger partial charge in [-0.15, -0.1) is 11.8 Å². The number of aliphatic imine (C=N–C) groups is 1. The van der Waals surface area contributed by atoms with E-state index in [0.29, 0.717) is 17.6 Å². The summed E-state index contributed by atoms with van der Waals surface area (Å²) < 4.78 is 0. The van der Waals surface area contributed by atoms with Gasteiger partial charge in [0.1, 0.15) is 12.5 Å². The van der Waals surface area contributed by atoms with Crippen LogP contribution in [0.5, 0.6) is 0 Å². The molecule has 1 aliphatic heterocycles. The van der Waals surface area contributed by atoms with Crippen LogP contribution in [-0.2, 0) is 0 Å². The third kappa shape index (κ3) is 2.71. The smallest absolute Gasteiger partial charge is 0.143 e. The summed E-state index contributed by atoms with van der Waals surface area (Å²) in [4.78, 5) is 16.9. The molecule has 0 N–H and O–H groups in total. The highest BCUT2D eigenvalue weighted by atomic mass is 35.5. The van der Waals surface area contributed by atoms with Gasteiger partial charge in [-0.2, -0.15) is 0 Å². The Morgan fingerprint density at radius 3 is 2.86 bits per heavy atom. The molecule has 0 fully saturated rings. The zero-order chi connectivity index (χ0) is 15.7. The molecule has 114 valence electrons. The van der Waals surface area contributed by atoms with Crippen molar-refractivity contribution in [2.24, 2.45) is 4.99 Å². The highest BCUT2D eigenvalue weighted by Crippen LogP contribution is 2.39. The Kier molecular flexibility index (Phi) is 4.36. The minimum Gasteiger partial charge on any atom is -0.303 e. The maximum atomic E-state index is 6.05. The molecule has 2 aromatic rings. The Morgan fingerprint density at radius 1 is 1.32 bits per heavy atom. The van der Waals surface area contributed by atoms with Crippen molar-refractivity contribution in [3.63, 3.8) is 0 Å². The summed E-state index contributed by atoms with van der Waals surface area (Å²) in [6.45, 7) is 4.85. The van der Waals surface area contributed by atoms with E-state index >= 15 is 0 Å². The van der Waals surface area contributed by atoms with Crippen molar-refractivity contribution in [2.75, 3.05) is 17.8 Å². The molecule has 0 amide bonds. The van der Waals surface area contributed by atoms with Gasteiger partial charge in [0.25, 0.3) is 0 Å². The molecule has 22 heavy (non-hydrogen) atoms. The van der Waals surface area contributed by atoms with Crippen molar-refractivity contribution in [1.29, 1.82) is 0 Å². The summed E-state index contributed by atoms with van der Waals surface area (Å²) >= 11 is 7.76. The predicted molar refractivity (Wildman–Crippen MR) is 94.0 cm³/mol. The van der Waals surface area contributed by atoms with Gasteiger partial charge in [-0.25, -0.2) is 4.98 Å². The number of halogens is 1. The van der Waals surface area contributed by atoms with Gasteiger partial charge in [0.15, 0.2) is 0 Å². The maximum Gasteiger partial charge on any atom is 0.143 e. The first-order chi connectivity index (χ1) is 10.6. The fourth-order valence-corrected chi connectivity index (χ4v) is 3.31. The number of thioether (sulfide) groups is 1. The van der Waals surface area contributed by atoms with E-state index < -0.39 is 0 Å². The van der Waals surface area contributed by atoms with Crippen molar-refractivity contribution < 1.29 is 0 Å². The molecule has 0 bridgehead atoms. The first kappa shape index (κ1) is 15.3. The van der Waals surface area contributed by atoms with E-state index in [1.807, 2.05) is 24.5 Å². The topological polar surface area (TPSA) is 41.4 Å². The average Bonchev–Trinajstić information content (AvgIpc) is 2.53. The van der Waals surface area contributed by atoms with Gasteiger partial charge in [0, 0.05) is 29.1 Å². The van der Waals surface area contributed by atoms with Crippen LogP contribution in [0.25, 0.3) is 0 Å². The van der Waals surface area contributed by atoms with Gasteiger partial charge in [0.05, 0.1) is 16.4 Å². The second-order valence-corrected chi connectivity index (χ2v) is 6.63. The van der Waals surface area contributed by atoms with Crippen molar-refractivity contribution in [3.8, 4) is 0 Å². The molecule has 0 spiro atoms. The van der Waals surface area contributed by atoms with Gasteiger partial charge in [-0.1, -0.05) is 25.4 Å². The standard InChI is InChI=1S/C16H17ClN4S/c1-10(2)14-15(13(22-3)4-5-19-14)21-9-18-7-11-6-12(17)8-20-16(11)21/h4-8,10H,9H2,1-3H3. The molecule has 6 heteroatoms. The zero-order valence-electron chi connectivity index (χ0n) is 12.7. The molecule has 0 saturated heterocycles. The summed E-state index contributed by atoms with van der Waals surface area (Å²) in [5, 5.41) is 0.618. The van der Waals surface area contributed by atoms with Gasteiger partial charge >= 0.3 is 0 Å². The molecule has 0 radical (unpaired) electrons. The van der Waals surface area contributed by atoms with Crippen LogP contribution in [0.15, 0.2) is 34.4 Å². The van der Waals surface area contributed by atoms with Crippen LogP contribution in [0.4, 0.5) is 11.5 Å². The molecule has 1 aliphatic rings. The summed E-state index contributed by atoms with van der Waals surface area (Å²) in [5.74, 6) is 1.20. The van der Waals surface area contributed by atoms with E-state index in [4.69, 9.17) is 11.6 Å². The number of anilines is 2. The summed E-state index contributed by atoms with van der Waals surface area (Å²) in [7, 11) is 0. The van der Waals surface area contributed by atoms with Gasteiger partial charge in [-0.05, 0) is 24.3 Å². The third-order valence-electron chi connectivity index (χ3n) is 3.52. The first-order valence-electron chi connectivity index (χ1n) is 7.07. The lowest BCUT2D eigenvalue weighted by Crippen LogP contribution is -2.25. The van der Waals surface area contributed by atoms with Crippen LogP contribution in [0.2, 0.25) is 5.02 Å². The van der Waals surface area contributed by atoms with E-state index in [0.717, 1.165) is 22.8 Å². The lowest BCUT2D eigenvalue weighted by Gasteiger charge is -2.30. The maximum absolute atomic E-state index is 6.05. The van der Waals surface area contributed by atoms with Gasteiger partial charge < -0.3 is 4.90 Å². The minimum atomic E-state index is 0.323. The monoisotopic (exact) mass is 332 g/mol. The largest absolute Gasteiger partial charge is 0.303 e. The normalized spacial score (nSPS) is 13.6. The van der Waals surface area contributed by atoms with Crippen LogP contribution in [0.1, 0.15) is 31.0 Å². The molecule has 0 unspecified atom stereocenters. The Bertz CT molecular complexity index is 730. The molecule has 0 atom stereocenters. The van der Waals surface area contributed by atoms with Crippen molar-refractivity contribution in [2.45, 2.75) is 24.7 Å². The fourth-order valence-electron chi connectivity index (χ4n) is 2.54. The quantitative estimate of drug-likeness (QED) is 0.776. The average molecular weight is 333 g/mol. The van der Waals surface area contributed by atoms with E-state index in [1.54, 1.807) is 18.0 Å². The van der Waals surface area contributed by atoms with E-state index in [1.165, 1.54) is 4.90 Å². The van der Waals surface area contributed by atoms with E-state index in [2.05, 4.69) is 40.0 Å². The second-order valence-electron chi connectivity index (χ2n) is 5.35. The summed E-state index contributed by atoms with van der Waals surface area (Å²) in [5.41, 5.74) is 3.09. The van der Waals surface area contributed by atoms with E-state index in [-0.39, 0.29) is 0 Å². The Morgan fingerprint density at radius 2 is 2.14 bits per heavy atom. The molecule has 0 aromatic carbocycles. The fraction of sp³-hybridized carbons (Fsp3) is 0.312. The zero-order valence-corrected chi connectivity index (χ0v) is 14.3. The number of rotatable bonds is 3. The van der Waals surface area contributed by atoms with Gasteiger partial charge in [0.2, 0.25) is 0 Å². The van der Waals surface area contributed by atoms with Gasteiger partial charge in [-0.3, -0.25) is 9.98 Å². The predicted octanol–water partition coefficient (Wildman–Crippen LogP) is 4.50. The van der Waals surface area contributed by atoms with Crippen molar-refractivity contribution >= 4 is 41.1 Å². The minimum absolute atomic E-state index is 0.323. The number of pyridine rings is 2. The van der Waals surface area contributed by atoms with Crippen molar-refractivity contribution in [3.05, 3.63) is 40.8 Å². The number of hydrogen-bond acceptors (Lipinski definition) is 5. The molecule has 3 heterocycles. The SMILES string of the molecule is CSc1ccnc(C(C)C)c1N1CN=Cc2cc(Cl)cnc21. The Labute approximate surface area is 139 Å². The lowest BCUT2D eigenvalue weighted by molar-refractivity contribution is 0.798. The second kappa shape index (κ2) is 6.26. The van der Waals surface area contributed by atoms with E-state index in [9.17, 15) is 0 Å². The molecular formula is C16H17ClN4S. The Hall–Kier alpha value is -1.59. The van der Waals surface area contributed by atoms with Crippen LogP contribution in [-0.4, -0.2) is 29.1 Å². The molecular weight excluding hydrogens is 316 g/mol. The molecule has 0 saturated carbocycles. The van der Waals surface area contributed by atoms with Crippen LogP contribution in [0, 0.1) is 0 Å². The molecule has 4 nitrogen and oxygen atoms in total. The highest BCUT2D eigenvalue weighted by molar-refractivity contribution is 7.98. The number of fused-ring (bicyclic) bond motifs is 1. The molecule has 2 aromatic heterocycles. The Balaban J connectivity index is 2.19. The number of hydrogen-bond donors (Lipinski definition) is 0. The number of aromatic nitrogens is 2. The van der Waals surface area contributed by atoms with Crippen LogP contribution >= 0.6 is 23.4 Å². The molecule has 3 rings (SSSR count). The first-order valence-corrected chi connectivity index (χ1v) is 8.68. The highest BCUT2D eigenvalue weighted by Gasteiger charge is 2.24.